The van der Waals surface area contributed by atoms with Crippen LogP contribution in [0.1, 0.15) is 64.6 Å². The summed E-state index contributed by atoms with van der Waals surface area (Å²) in [7, 11) is 0. The van der Waals surface area contributed by atoms with Crippen LogP contribution in [0.15, 0.2) is 35.0 Å². The first kappa shape index (κ1) is 18.3. The molecule has 3 heterocycles. The number of likely N-dealkylation sites (tertiary alicyclic amines) is 1. The Labute approximate surface area is 164 Å². The Balaban J connectivity index is 1.51. The molecule has 6 nitrogen and oxygen atoms in total. The third kappa shape index (κ3) is 3.07. The van der Waals surface area contributed by atoms with Crippen molar-refractivity contribution in [3.8, 4) is 12.3 Å². The lowest BCUT2D eigenvalue weighted by molar-refractivity contribution is 0.0358. The van der Waals surface area contributed by atoms with Gasteiger partial charge in [0.25, 0.3) is 11.8 Å². The molecule has 28 heavy (non-hydrogen) atoms. The van der Waals surface area contributed by atoms with E-state index in [1.807, 2.05) is 23.6 Å². The van der Waals surface area contributed by atoms with Crippen LogP contribution in [0, 0.1) is 12.3 Å². The minimum Gasteiger partial charge on any atom is -0.360 e. The van der Waals surface area contributed by atoms with Crippen LogP contribution in [0.5, 0.6) is 0 Å². The van der Waals surface area contributed by atoms with Crippen LogP contribution < -0.4 is 0 Å². The van der Waals surface area contributed by atoms with Crippen molar-refractivity contribution in [2.45, 2.75) is 44.7 Å². The van der Waals surface area contributed by atoms with Gasteiger partial charge >= 0.3 is 0 Å². The molecule has 0 radical (unpaired) electrons. The van der Waals surface area contributed by atoms with E-state index >= 15 is 0 Å². The standard InChI is InChI=1S/C22H23N3O3/c1-4-15-5-7-16(8-6-15)21(26)24-12-17-9-10-18(13-24)25(17)22(27)19-11-23-28-20(19)14(2)3/h1,5-8,11,14,17-18H,9-10,12-13H2,2-3H3. The van der Waals surface area contributed by atoms with Gasteiger partial charge in [-0.25, -0.2) is 0 Å². The van der Waals surface area contributed by atoms with Crippen LogP contribution in [0.25, 0.3) is 0 Å². The summed E-state index contributed by atoms with van der Waals surface area (Å²) in [6.07, 6.45) is 8.70. The molecule has 2 atom stereocenters. The molecule has 2 bridgehead atoms. The van der Waals surface area contributed by atoms with Crippen molar-refractivity contribution in [1.29, 1.82) is 0 Å². The molecule has 0 aliphatic carbocycles. The molecule has 144 valence electrons. The van der Waals surface area contributed by atoms with Crippen molar-refractivity contribution in [2.75, 3.05) is 13.1 Å². The molecule has 1 aromatic heterocycles. The summed E-state index contributed by atoms with van der Waals surface area (Å²) in [5, 5.41) is 3.83. The summed E-state index contributed by atoms with van der Waals surface area (Å²) in [6.45, 7) is 5.04. The van der Waals surface area contributed by atoms with Crippen LogP contribution in [0.2, 0.25) is 0 Å². The van der Waals surface area contributed by atoms with Crippen molar-refractivity contribution in [1.82, 2.24) is 15.0 Å². The second kappa shape index (κ2) is 7.16. The highest BCUT2D eigenvalue weighted by Gasteiger charge is 2.45. The number of carbonyl (C=O) groups is 2. The van der Waals surface area contributed by atoms with Crippen LogP contribution in [0.4, 0.5) is 0 Å². The summed E-state index contributed by atoms with van der Waals surface area (Å²) in [5.74, 6) is 3.22. The van der Waals surface area contributed by atoms with Crippen molar-refractivity contribution in [2.24, 2.45) is 0 Å². The Bertz CT molecular complexity index is 925. The molecule has 2 amide bonds. The van der Waals surface area contributed by atoms with Gasteiger partial charge in [0.1, 0.15) is 5.56 Å². The fourth-order valence-electron chi connectivity index (χ4n) is 4.26. The predicted octanol–water partition coefficient (Wildman–Crippen LogP) is 2.91. The van der Waals surface area contributed by atoms with Gasteiger partial charge in [-0.1, -0.05) is 24.9 Å². The number of fused-ring (bicyclic) bond motifs is 2. The Kier molecular flexibility index (Phi) is 4.68. The molecule has 2 aromatic rings. The number of aromatic nitrogens is 1. The molecule has 2 aliphatic rings. The van der Waals surface area contributed by atoms with Crippen molar-refractivity contribution in [3.63, 3.8) is 0 Å². The van der Waals surface area contributed by atoms with E-state index in [2.05, 4.69) is 11.1 Å². The van der Waals surface area contributed by atoms with Gasteiger partial charge in [0.05, 0.1) is 18.3 Å². The van der Waals surface area contributed by atoms with Gasteiger partial charge in [0, 0.05) is 30.1 Å². The normalized spacial score (nSPS) is 21.1. The second-order valence-corrected chi connectivity index (χ2v) is 7.79. The van der Waals surface area contributed by atoms with Gasteiger partial charge in [-0.05, 0) is 37.1 Å². The lowest BCUT2D eigenvalue weighted by Crippen LogP contribution is -2.57. The number of nitrogens with zero attached hydrogens (tertiary/aromatic N) is 3. The van der Waals surface area contributed by atoms with E-state index in [0.717, 1.165) is 18.4 Å². The van der Waals surface area contributed by atoms with Crippen LogP contribution in [-0.4, -0.2) is 51.9 Å². The van der Waals surface area contributed by atoms with Crippen molar-refractivity contribution in [3.05, 3.63) is 52.9 Å². The maximum atomic E-state index is 13.2. The fraction of sp³-hybridized carbons (Fsp3) is 0.409. The van der Waals surface area contributed by atoms with E-state index in [1.165, 1.54) is 6.20 Å². The van der Waals surface area contributed by atoms with E-state index in [1.54, 1.807) is 24.3 Å². The zero-order valence-corrected chi connectivity index (χ0v) is 16.1. The number of piperazine rings is 1. The van der Waals surface area contributed by atoms with Gasteiger partial charge in [0.2, 0.25) is 0 Å². The first-order valence-corrected chi connectivity index (χ1v) is 9.62. The molecular weight excluding hydrogens is 354 g/mol. The van der Waals surface area contributed by atoms with E-state index in [-0.39, 0.29) is 29.8 Å². The minimum atomic E-state index is -0.0390. The molecule has 0 N–H and O–H groups in total. The summed E-state index contributed by atoms with van der Waals surface area (Å²) in [4.78, 5) is 29.9. The first-order chi connectivity index (χ1) is 13.5. The SMILES string of the molecule is C#Cc1ccc(C(=O)N2CC3CCC(C2)N3C(=O)c2cnoc2C(C)C)cc1. The lowest BCUT2D eigenvalue weighted by atomic mass is 10.0. The Morgan fingerprint density at radius 3 is 2.36 bits per heavy atom. The van der Waals surface area contributed by atoms with Crippen LogP contribution >= 0.6 is 0 Å². The Morgan fingerprint density at radius 2 is 1.79 bits per heavy atom. The maximum absolute atomic E-state index is 13.2. The minimum absolute atomic E-state index is 0.0135. The highest BCUT2D eigenvalue weighted by Crippen LogP contribution is 2.33. The number of carbonyl (C=O) groups excluding carboxylic acids is 2. The van der Waals surface area contributed by atoms with Crippen LogP contribution in [0.3, 0.4) is 0 Å². The highest BCUT2D eigenvalue weighted by molar-refractivity contribution is 5.97. The van der Waals surface area contributed by atoms with E-state index in [4.69, 9.17) is 10.9 Å². The molecule has 2 fully saturated rings. The fourth-order valence-corrected chi connectivity index (χ4v) is 4.26. The van der Waals surface area contributed by atoms with E-state index < -0.39 is 0 Å². The maximum Gasteiger partial charge on any atom is 0.259 e. The molecule has 1 aromatic carbocycles. The number of amides is 2. The number of terminal acetylenes is 1. The quantitative estimate of drug-likeness (QED) is 0.772. The molecule has 6 heteroatoms. The zero-order chi connectivity index (χ0) is 19.8. The molecule has 2 saturated heterocycles. The van der Waals surface area contributed by atoms with E-state index in [0.29, 0.717) is 30.0 Å². The molecule has 2 aliphatic heterocycles. The van der Waals surface area contributed by atoms with E-state index in [9.17, 15) is 9.59 Å². The van der Waals surface area contributed by atoms with Gasteiger partial charge in [-0.2, -0.15) is 0 Å². The molecular formula is C22H23N3O3. The molecule has 0 spiro atoms. The predicted molar refractivity (Wildman–Crippen MR) is 104 cm³/mol. The largest absolute Gasteiger partial charge is 0.360 e. The highest BCUT2D eigenvalue weighted by atomic mass is 16.5. The zero-order valence-electron chi connectivity index (χ0n) is 16.1. The monoisotopic (exact) mass is 377 g/mol. The van der Waals surface area contributed by atoms with Gasteiger partial charge in [-0.15, -0.1) is 6.42 Å². The van der Waals surface area contributed by atoms with Crippen molar-refractivity contribution >= 4 is 11.8 Å². The third-order valence-corrected chi connectivity index (χ3v) is 5.66. The third-order valence-electron chi connectivity index (χ3n) is 5.66. The summed E-state index contributed by atoms with van der Waals surface area (Å²) in [5.41, 5.74) is 1.91. The molecule has 2 unspecified atom stereocenters. The smallest absolute Gasteiger partial charge is 0.259 e. The first-order valence-electron chi connectivity index (χ1n) is 9.62. The average Bonchev–Trinajstić information content (AvgIpc) is 3.30. The van der Waals surface area contributed by atoms with Gasteiger partial charge in [0.15, 0.2) is 5.76 Å². The number of hydrogen-bond donors (Lipinski definition) is 0. The lowest BCUT2D eigenvalue weighted by Gasteiger charge is -2.41. The number of benzene rings is 1. The Morgan fingerprint density at radius 1 is 1.14 bits per heavy atom. The molecule has 4 rings (SSSR count). The van der Waals surface area contributed by atoms with Gasteiger partial charge < -0.3 is 14.3 Å². The summed E-state index contributed by atoms with van der Waals surface area (Å²) >= 11 is 0. The average molecular weight is 377 g/mol. The van der Waals surface area contributed by atoms with Crippen LogP contribution in [-0.2, 0) is 0 Å². The number of hydrogen-bond acceptors (Lipinski definition) is 4. The summed E-state index contributed by atoms with van der Waals surface area (Å²) in [6, 6.07) is 7.14. The Hall–Kier alpha value is -3.07. The molecule has 0 saturated carbocycles. The summed E-state index contributed by atoms with van der Waals surface area (Å²) < 4.78 is 5.29. The number of rotatable bonds is 3. The van der Waals surface area contributed by atoms with Gasteiger partial charge in [-0.3, -0.25) is 9.59 Å². The second-order valence-electron chi connectivity index (χ2n) is 7.79. The topological polar surface area (TPSA) is 66.7 Å². The van der Waals surface area contributed by atoms with Crippen molar-refractivity contribution < 1.29 is 14.1 Å².